The molecule has 0 amide bonds. The van der Waals surface area contributed by atoms with Crippen molar-refractivity contribution >= 4 is 22.6 Å². The maximum absolute atomic E-state index is 12.6. The minimum atomic E-state index is -0.358. The highest BCUT2D eigenvalue weighted by atomic mass is 32.2. The summed E-state index contributed by atoms with van der Waals surface area (Å²) < 4.78 is 0. The molecule has 0 spiro atoms. The van der Waals surface area contributed by atoms with Gasteiger partial charge in [-0.3, -0.25) is 4.79 Å². The zero-order valence-electron chi connectivity index (χ0n) is 13.5. The van der Waals surface area contributed by atoms with Gasteiger partial charge in [0, 0.05) is 23.6 Å². The number of thioether (sulfide) groups is 1. The average Bonchev–Trinajstić information content (AvgIpc) is 2.55. The first-order chi connectivity index (χ1) is 11.2. The molecule has 1 aromatic carbocycles. The molecule has 1 unspecified atom stereocenters. The molecule has 0 saturated heterocycles. The van der Waals surface area contributed by atoms with Gasteiger partial charge in [-0.15, -0.1) is 11.8 Å². The van der Waals surface area contributed by atoms with Crippen LogP contribution in [0, 0.1) is 24.2 Å². The van der Waals surface area contributed by atoms with Crippen LogP contribution >= 0.6 is 11.8 Å². The van der Waals surface area contributed by atoms with Gasteiger partial charge in [-0.1, -0.05) is 36.8 Å². The fraction of sp³-hybridized carbons (Fsp3) is 0.421. The molecule has 118 valence electrons. The van der Waals surface area contributed by atoms with Gasteiger partial charge in [0.25, 0.3) is 0 Å². The third-order valence-corrected chi connectivity index (χ3v) is 5.38. The number of nitriles is 1. The van der Waals surface area contributed by atoms with Gasteiger partial charge in [-0.25, -0.2) is 4.99 Å². The largest absolute Gasteiger partial charge is 0.294 e. The third kappa shape index (κ3) is 2.98. The predicted octanol–water partition coefficient (Wildman–Crippen LogP) is 4.39. The van der Waals surface area contributed by atoms with Crippen molar-refractivity contribution in [1.82, 2.24) is 0 Å². The van der Waals surface area contributed by atoms with Crippen molar-refractivity contribution in [2.24, 2.45) is 10.9 Å². The summed E-state index contributed by atoms with van der Waals surface area (Å²) in [6.45, 7) is 4.11. The molecule has 23 heavy (non-hydrogen) atoms. The smallest absolute Gasteiger partial charge is 0.161 e. The summed E-state index contributed by atoms with van der Waals surface area (Å²) in [5.74, 6) is 0.522. The van der Waals surface area contributed by atoms with Gasteiger partial charge in [-0.05, 0) is 31.1 Å². The molecule has 3 rings (SSSR count). The monoisotopic (exact) mass is 324 g/mol. The number of aliphatic imine (C=N–C) groups is 1. The number of Topliss-reactive ketones (excluding diaryl/α,β-unsaturated/α-hetero) is 1. The molecule has 0 fully saturated rings. The molecule has 1 aromatic rings. The summed E-state index contributed by atoms with van der Waals surface area (Å²) in [7, 11) is 0. The molecule has 2 aliphatic rings. The Labute approximate surface area is 141 Å². The van der Waals surface area contributed by atoms with Gasteiger partial charge < -0.3 is 0 Å². The molecule has 0 radical (unpaired) electrons. The van der Waals surface area contributed by atoms with Gasteiger partial charge in [-0.2, -0.15) is 5.26 Å². The molecular formula is C19H20N2OS. The van der Waals surface area contributed by atoms with Crippen LogP contribution in [-0.2, 0) is 4.79 Å². The van der Waals surface area contributed by atoms with Crippen LogP contribution < -0.4 is 0 Å². The van der Waals surface area contributed by atoms with Gasteiger partial charge in [0.2, 0.25) is 0 Å². The second-order valence-electron chi connectivity index (χ2n) is 6.02. The van der Waals surface area contributed by atoms with E-state index in [1.54, 1.807) is 11.8 Å². The van der Waals surface area contributed by atoms with Crippen molar-refractivity contribution in [3.63, 3.8) is 0 Å². The highest BCUT2D eigenvalue weighted by Crippen LogP contribution is 2.44. The third-order valence-electron chi connectivity index (χ3n) is 4.45. The number of carbonyl (C=O) groups is 1. The lowest BCUT2D eigenvalue weighted by atomic mass is 9.74. The van der Waals surface area contributed by atoms with Gasteiger partial charge in [0.05, 0.1) is 11.1 Å². The highest BCUT2D eigenvalue weighted by Gasteiger charge is 2.40. The Morgan fingerprint density at radius 1 is 1.30 bits per heavy atom. The fourth-order valence-corrected chi connectivity index (χ4v) is 4.20. The zero-order valence-corrected chi connectivity index (χ0v) is 14.3. The number of hydrogen-bond acceptors (Lipinski definition) is 4. The zero-order chi connectivity index (χ0) is 16.4. The number of allylic oxidation sites excluding steroid dienone is 2. The number of aryl methyl sites for hydroxylation is 1. The number of nitrogens with zero attached hydrogens (tertiary/aromatic N) is 2. The minimum absolute atomic E-state index is 0.168. The fourth-order valence-electron chi connectivity index (χ4n) is 3.36. The van der Waals surface area contributed by atoms with E-state index < -0.39 is 0 Å². The van der Waals surface area contributed by atoms with Crippen LogP contribution in [0.25, 0.3) is 0 Å². The quantitative estimate of drug-likeness (QED) is 0.810. The van der Waals surface area contributed by atoms with Crippen LogP contribution in [0.4, 0.5) is 0 Å². The normalized spacial score (nSPS) is 24.0. The first kappa shape index (κ1) is 16.0. The van der Waals surface area contributed by atoms with Crippen molar-refractivity contribution in [1.29, 1.82) is 5.26 Å². The Bertz CT molecular complexity index is 725. The van der Waals surface area contributed by atoms with E-state index in [1.165, 1.54) is 5.56 Å². The van der Waals surface area contributed by atoms with Crippen molar-refractivity contribution in [2.75, 3.05) is 5.75 Å². The van der Waals surface area contributed by atoms with E-state index in [2.05, 4.69) is 37.3 Å². The van der Waals surface area contributed by atoms with Crippen molar-refractivity contribution in [2.45, 2.75) is 39.0 Å². The summed E-state index contributed by atoms with van der Waals surface area (Å²) in [6, 6.07) is 10.6. The maximum atomic E-state index is 12.6. The van der Waals surface area contributed by atoms with Gasteiger partial charge in [0.15, 0.2) is 5.78 Å². The van der Waals surface area contributed by atoms with Crippen molar-refractivity contribution in [3.05, 3.63) is 46.7 Å². The topological polar surface area (TPSA) is 53.2 Å². The molecule has 1 aliphatic carbocycles. The van der Waals surface area contributed by atoms with E-state index in [-0.39, 0.29) is 17.6 Å². The Morgan fingerprint density at radius 3 is 2.70 bits per heavy atom. The lowest BCUT2D eigenvalue weighted by molar-refractivity contribution is -0.116. The lowest BCUT2D eigenvalue weighted by Gasteiger charge is -2.33. The molecule has 0 saturated carbocycles. The summed E-state index contributed by atoms with van der Waals surface area (Å²) in [6.07, 6.45) is 2.28. The number of rotatable bonds is 2. The van der Waals surface area contributed by atoms with E-state index in [9.17, 15) is 10.1 Å². The maximum Gasteiger partial charge on any atom is 0.161 e. The molecule has 3 nitrogen and oxygen atoms in total. The Morgan fingerprint density at radius 2 is 2.04 bits per heavy atom. The molecule has 2 atom stereocenters. The van der Waals surface area contributed by atoms with Crippen molar-refractivity contribution in [3.8, 4) is 6.07 Å². The number of hydrogen-bond donors (Lipinski definition) is 0. The van der Waals surface area contributed by atoms with E-state index in [0.717, 1.165) is 40.5 Å². The molecule has 1 heterocycles. The molecule has 4 heteroatoms. The van der Waals surface area contributed by atoms with Crippen LogP contribution in [-0.4, -0.2) is 16.6 Å². The number of carbonyl (C=O) groups excluding carboxylic acids is 1. The molecule has 1 aliphatic heterocycles. The predicted molar refractivity (Wildman–Crippen MR) is 94.5 cm³/mol. The Balaban J connectivity index is 2.15. The van der Waals surface area contributed by atoms with Crippen LogP contribution in [0.1, 0.15) is 43.2 Å². The molecular weight excluding hydrogens is 304 g/mol. The SMILES string of the molecule is CCSC1=NC2=C(C(=O)CCC2)[C@@H](c2ccc(C)cc2)C1C#N. The van der Waals surface area contributed by atoms with Gasteiger partial charge >= 0.3 is 0 Å². The van der Waals surface area contributed by atoms with Crippen LogP contribution in [0.3, 0.4) is 0 Å². The van der Waals surface area contributed by atoms with E-state index in [0.29, 0.717) is 6.42 Å². The molecule has 0 aromatic heterocycles. The first-order valence-corrected chi connectivity index (χ1v) is 9.08. The van der Waals surface area contributed by atoms with Crippen LogP contribution in [0.2, 0.25) is 0 Å². The number of ketones is 1. The first-order valence-electron chi connectivity index (χ1n) is 8.09. The second-order valence-corrected chi connectivity index (χ2v) is 7.30. The Hall–Kier alpha value is -1.86. The summed E-state index contributed by atoms with van der Waals surface area (Å²) >= 11 is 1.63. The average molecular weight is 324 g/mol. The second kappa shape index (κ2) is 6.72. The standard InChI is InChI=1S/C19H20N2OS/c1-3-23-19-14(11-20)17(13-9-7-12(2)8-10-13)18-15(21-19)5-4-6-16(18)22/h7-10,14,17H,3-6H2,1-2H3/t14?,17-/m0/s1. The van der Waals surface area contributed by atoms with E-state index in [1.807, 2.05) is 6.92 Å². The van der Waals surface area contributed by atoms with E-state index >= 15 is 0 Å². The minimum Gasteiger partial charge on any atom is -0.294 e. The lowest BCUT2D eigenvalue weighted by Crippen LogP contribution is -2.30. The van der Waals surface area contributed by atoms with E-state index in [4.69, 9.17) is 4.99 Å². The summed E-state index contributed by atoms with van der Waals surface area (Å²) in [4.78, 5) is 17.3. The van der Waals surface area contributed by atoms with Crippen LogP contribution in [0.15, 0.2) is 40.5 Å². The summed E-state index contributed by atoms with van der Waals surface area (Å²) in [5, 5.41) is 10.6. The summed E-state index contributed by atoms with van der Waals surface area (Å²) in [5.41, 5.74) is 3.93. The molecule has 0 bridgehead atoms. The number of benzene rings is 1. The van der Waals surface area contributed by atoms with Gasteiger partial charge in [0.1, 0.15) is 5.92 Å². The Kier molecular flexibility index (Phi) is 4.68. The van der Waals surface area contributed by atoms with Crippen molar-refractivity contribution < 1.29 is 4.79 Å². The molecule has 0 N–H and O–H groups in total. The van der Waals surface area contributed by atoms with Crippen LogP contribution in [0.5, 0.6) is 0 Å². The highest BCUT2D eigenvalue weighted by molar-refractivity contribution is 8.14.